The Balaban J connectivity index is 1.41. The number of pyridine rings is 1. The van der Waals surface area contributed by atoms with Crippen LogP contribution in [0, 0.1) is 0 Å². The maximum atomic E-state index is 12.7. The van der Waals surface area contributed by atoms with Crippen LogP contribution in [0.15, 0.2) is 60.1 Å². The zero-order valence-corrected chi connectivity index (χ0v) is 15.1. The molecule has 1 aliphatic heterocycles. The first kappa shape index (κ1) is 16.0. The molecule has 4 aromatic rings. The van der Waals surface area contributed by atoms with E-state index >= 15 is 0 Å². The third-order valence-corrected chi connectivity index (χ3v) is 5.36. The van der Waals surface area contributed by atoms with Crippen molar-refractivity contribution in [3.05, 3.63) is 71.2 Å². The lowest BCUT2D eigenvalue weighted by Crippen LogP contribution is -2.12. The number of carbonyl (C=O) groups excluding carboxylic acids is 1. The van der Waals surface area contributed by atoms with E-state index in [9.17, 15) is 4.79 Å². The molecule has 0 aliphatic carbocycles. The lowest BCUT2D eigenvalue weighted by Gasteiger charge is -2.05. The van der Waals surface area contributed by atoms with Gasteiger partial charge in [-0.25, -0.2) is 4.98 Å². The first-order valence-corrected chi connectivity index (χ1v) is 9.53. The van der Waals surface area contributed by atoms with Gasteiger partial charge in [-0.05, 0) is 35.9 Å². The third kappa shape index (κ3) is 2.94. The van der Waals surface area contributed by atoms with Crippen LogP contribution < -0.4 is 10.1 Å². The van der Waals surface area contributed by atoms with E-state index in [4.69, 9.17) is 4.74 Å². The van der Waals surface area contributed by atoms with Gasteiger partial charge in [0.1, 0.15) is 5.75 Å². The predicted molar refractivity (Wildman–Crippen MR) is 106 cm³/mol. The zero-order chi connectivity index (χ0) is 18.2. The molecule has 132 valence electrons. The monoisotopic (exact) mass is 373 g/mol. The number of nitrogens with zero attached hydrogens (tertiary/aromatic N) is 2. The summed E-state index contributed by atoms with van der Waals surface area (Å²) in [7, 11) is 0. The molecule has 0 saturated carbocycles. The van der Waals surface area contributed by atoms with Crippen LogP contribution in [0.5, 0.6) is 5.75 Å². The molecule has 5 rings (SSSR count). The molecule has 3 heterocycles. The van der Waals surface area contributed by atoms with Crippen LogP contribution in [0.4, 0.5) is 5.13 Å². The molecule has 1 amide bonds. The average Bonchev–Trinajstić information content (AvgIpc) is 3.36. The Bertz CT molecular complexity index is 1160. The number of nitrogens with one attached hydrogen (secondary N) is 1. The maximum absolute atomic E-state index is 12.7. The summed E-state index contributed by atoms with van der Waals surface area (Å²) in [4.78, 5) is 21.6. The van der Waals surface area contributed by atoms with E-state index in [0.717, 1.165) is 40.9 Å². The van der Waals surface area contributed by atoms with Crippen LogP contribution >= 0.6 is 11.3 Å². The lowest BCUT2D eigenvalue weighted by atomic mass is 10.1. The summed E-state index contributed by atoms with van der Waals surface area (Å²) in [6, 6.07) is 15.4. The molecule has 2 aromatic heterocycles. The minimum atomic E-state index is -0.183. The molecule has 0 radical (unpaired) electrons. The molecule has 0 spiro atoms. The van der Waals surface area contributed by atoms with Crippen molar-refractivity contribution in [2.75, 3.05) is 11.9 Å². The molecule has 1 aliphatic rings. The highest BCUT2D eigenvalue weighted by Crippen LogP contribution is 2.32. The fourth-order valence-corrected chi connectivity index (χ4v) is 3.98. The Morgan fingerprint density at radius 3 is 3.04 bits per heavy atom. The van der Waals surface area contributed by atoms with E-state index < -0.39 is 0 Å². The van der Waals surface area contributed by atoms with E-state index in [0.29, 0.717) is 10.7 Å². The number of para-hydroxylation sites is 1. The third-order valence-electron chi connectivity index (χ3n) is 4.60. The van der Waals surface area contributed by atoms with E-state index in [1.807, 2.05) is 41.8 Å². The fourth-order valence-electron chi connectivity index (χ4n) is 3.27. The Morgan fingerprint density at radius 1 is 1.15 bits per heavy atom. The Kier molecular flexibility index (Phi) is 3.83. The SMILES string of the molecule is O=C(Nc1nc(-c2ccc3c(c2)CCO3)cs1)c1ccnc2ccccc12. The van der Waals surface area contributed by atoms with E-state index in [1.165, 1.54) is 16.9 Å². The van der Waals surface area contributed by atoms with Crippen LogP contribution in [-0.4, -0.2) is 22.5 Å². The molecular formula is C21H15N3O2S. The summed E-state index contributed by atoms with van der Waals surface area (Å²) in [6.07, 6.45) is 2.57. The van der Waals surface area contributed by atoms with Gasteiger partial charge in [0.05, 0.1) is 23.4 Å². The Hall–Kier alpha value is -3.25. The van der Waals surface area contributed by atoms with Crippen molar-refractivity contribution < 1.29 is 9.53 Å². The minimum absolute atomic E-state index is 0.183. The highest BCUT2D eigenvalue weighted by Gasteiger charge is 2.16. The van der Waals surface area contributed by atoms with Crippen LogP contribution in [-0.2, 0) is 6.42 Å². The predicted octanol–water partition coefficient (Wildman–Crippen LogP) is 4.55. The number of hydrogen-bond donors (Lipinski definition) is 1. The van der Waals surface area contributed by atoms with Crippen molar-refractivity contribution in [1.82, 2.24) is 9.97 Å². The summed E-state index contributed by atoms with van der Waals surface area (Å²) in [5.41, 5.74) is 4.47. The molecule has 0 fully saturated rings. The fraction of sp³-hybridized carbons (Fsp3) is 0.0952. The number of hydrogen-bond acceptors (Lipinski definition) is 5. The summed E-state index contributed by atoms with van der Waals surface area (Å²) in [5.74, 6) is 0.768. The van der Waals surface area contributed by atoms with Gasteiger partial charge >= 0.3 is 0 Å². The van der Waals surface area contributed by atoms with Crippen molar-refractivity contribution in [3.63, 3.8) is 0 Å². The van der Waals surface area contributed by atoms with Crippen molar-refractivity contribution in [2.24, 2.45) is 0 Å². The summed E-state index contributed by atoms with van der Waals surface area (Å²) < 4.78 is 5.55. The lowest BCUT2D eigenvalue weighted by molar-refractivity contribution is 0.102. The molecule has 2 aromatic carbocycles. The van der Waals surface area contributed by atoms with Gasteiger partial charge in [-0.1, -0.05) is 18.2 Å². The van der Waals surface area contributed by atoms with E-state index in [2.05, 4.69) is 21.4 Å². The largest absolute Gasteiger partial charge is 0.493 e. The Morgan fingerprint density at radius 2 is 2.07 bits per heavy atom. The second kappa shape index (κ2) is 6.48. The van der Waals surface area contributed by atoms with Crippen molar-refractivity contribution in [2.45, 2.75) is 6.42 Å². The van der Waals surface area contributed by atoms with E-state index in [-0.39, 0.29) is 5.91 Å². The van der Waals surface area contributed by atoms with Crippen LogP contribution in [0.25, 0.3) is 22.2 Å². The van der Waals surface area contributed by atoms with Gasteiger partial charge in [0, 0.05) is 28.9 Å². The molecule has 1 N–H and O–H groups in total. The second-order valence-electron chi connectivity index (χ2n) is 6.29. The Labute approximate surface area is 159 Å². The first-order chi connectivity index (χ1) is 13.3. The number of fused-ring (bicyclic) bond motifs is 2. The number of carbonyl (C=O) groups is 1. The molecular weight excluding hydrogens is 358 g/mol. The van der Waals surface area contributed by atoms with Gasteiger partial charge in [-0.3, -0.25) is 15.1 Å². The summed E-state index contributed by atoms with van der Waals surface area (Å²) >= 11 is 1.42. The van der Waals surface area contributed by atoms with Gasteiger partial charge in [0.15, 0.2) is 5.13 Å². The van der Waals surface area contributed by atoms with Crippen LogP contribution in [0.1, 0.15) is 15.9 Å². The minimum Gasteiger partial charge on any atom is -0.493 e. The standard InChI is InChI=1S/C21H15N3O2S/c25-20(16-7-9-22-17-4-2-1-3-15(16)17)24-21-23-18(12-27-21)13-5-6-19-14(11-13)8-10-26-19/h1-7,9,11-12H,8,10H2,(H,23,24,25). The molecule has 0 saturated heterocycles. The average molecular weight is 373 g/mol. The highest BCUT2D eigenvalue weighted by atomic mass is 32.1. The smallest absolute Gasteiger partial charge is 0.258 e. The normalized spacial score (nSPS) is 12.6. The number of anilines is 1. The zero-order valence-electron chi connectivity index (χ0n) is 14.3. The number of aromatic nitrogens is 2. The molecule has 0 unspecified atom stereocenters. The van der Waals surface area contributed by atoms with Crippen molar-refractivity contribution >= 4 is 33.3 Å². The number of benzene rings is 2. The highest BCUT2D eigenvalue weighted by molar-refractivity contribution is 7.14. The van der Waals surface area contributed by atoms with Gasteiger partial charge in [-0.2, -0.15) is 0 Å². The maximum Gasteiger partial charge on any atom is 0.258 e. The van der Waals surface area contributed by atoms with Gasteiger partial charge < -0.3 is 4.74 Å². The van der Waals surface area contributed by atoms with Crippen LogP contribution in [0.3, 0.4) is 0 Å². The first-order valence-electron chi connectivity index (χ1n) is 8.65. The topological polar surface area (TPSA) is 64.1 Å². The second-order valence-corrected chi connectivity index (χ2v) is 7.15. The molecule has 0 bridgehead atoms. The van der Waals surface area contributed by atoms with Crippen molar-refractivity contribution in [3.8, 4) is 17.0 Å². The van der Waals surface area contributed by atoms with E-state index in [1.54, 1.807) is 12.3 Å². The molecule has 27 heavy (non-hydrogen) atoms. The van der Waals surface area contributed by atoms with Gasteiger partial charge in [-0.15, -0.1) is 11.3 Å². The van der Waals surface area contributed by atoms with Gasteiger partial charge in [0.2, 0.25) is 0 Å². The number of ether oxygens (including phenoxy) is 1. The summed E-state index contributed by atoms with van der Waals surface area (Å²) in [5, 5.41) is 6.27. The molecule has 0 atom stereocenters. The summed E-state index contributed by atoms with van der Waals surface area (Å²) in [6.45, 7) is 0.733. The molecule has 5 nitrogen and oxygen atoms in total. The number of amides is 1. The van der Waals surface area contributed by atoms with Crippen LogP contribution in [0.2, 0.25) is 0 Å². The van der Waals surface area contributed by atoms with Crippen molar-refractivity contribution in [1.29, 1.82) is 0 Å². The number of rotatable bonds is 3. The number of thiazole rings is 1. The molecule has 6 heteroatoms. The van der Waals surface area contributed by atoms with Gasteiger partial charge in [0.25, 0.3) is 5.91 Å². The quantitative estimate of drug-likeness (QED) is 0.572.